The van der Waals surface area contributed by atoms with Gasteiger partial charge in [0.05, 0.1) is 21.8 Å². The number of carbonyl (C=O) groups is 1. The molecule has 1 saturated heterocycles. The molecule has 174 valence electrons. The largest absolute Gasteiger partial charge is 0.349 e. The Morgan fingerprint density at radius 1 is 1.03 bits per heavy atom. The van der Waals surface area contributed by atoms with Gasteiger partial charge in [0.15, 0.2) is 9.84 Å². The number of aryl methyl sites for hydroxylation is 1. The minimum absolute atomic E-state index is 0.144. The molecule has 1 aliphatic rings. The zero-order valence-corrected chi connectivity index (χ0v) is 20.2. The minimum atomic E-state index is -3.65. The number of nitrogens with one attached hydrogen (secondary N) is 1. The highest BCUT2D eigenvalue weighted by atomic mass is 32.2. The van der Waals surface area contributed by atoms with Gasteiger partial charge in [-0.1, -0.05) is 36.8 Å². The number of rotatable bonds is 7. The molecule has 0 unspecified atom stereocenters. The third-order valence-corrected chi connectivity index (χ3v) is 8.86. The van der Waals surface area contributed by atoms with E-state index in [1.807, 2.05) is 13.8 Å². The van der Waals surface area contributed by atoms with Gasteiger partial charge in [-0.2, -0.15) is 4.31 Å². The lowest BCUT2D eigenvalue weighted by Crippen LogP contribution is -2.46. The Morgan fingerprint density at radius 3 is 2.19 bits per heavy atom. The van der Waals surface area contributed by atoms with Gasteiger partial charge in [-0.15, -0.1) is 0 Å². The van der Waals surface area contributed by atoms with Crippen molar-refractivity contribution in [2.75, 3.05) is 19.3 Å². The first-order valence-corrected chi connectivity index (χ1v) is 14.0. The maximum absolute atomic E-state index is 13.0. The second-order valence-electron chi connectivity index (χ2n) is 8.33. The van der Waals surface area contributed by atoms with Crippen LogP contribution in [0.4, 0.5) is 0 Å². The van der Waals surface area contributed by atoms with E-state index < -0.39 is 25.8 Å². The lowest BCUT2D eigenvalue weighted by molar-refractivity contribution is -0.126. The van der Waals surface area contributed by atoms with Gasteiger partial charge in [0.25, 0.3) is 0 Å². The summed E-state index contributed by atoms with van der Waals surface area (Å²) in [5.41, 5.74) is 1.79. The summed E-state index contributed by atoms with van der Waals surface area (Å²) < 4.78 is 50.8. The molecule has 2 aromatic carbocycles. The van der Waals surface area contributed by atoms with Crippen LogP contribution >= 0.6 is 0 Å². The highest BCUT2D eigenvalue weighted by molar-refractivity contribution is 7.90. The summed E-state index contributed by atoms with van der Waals surface area (Å²) in [5, 5.41) is 3.02. The van der Waals surface area contributed by atoms with Gasteiger partial charge in [-0.3, -0.25) is 4.79 Å². The highest BCUT2D eigenvalue weighted by Gasteiger charge is 2.34. The molecule has 32 heavy (non-hydrogen) atoms. The number of carbonyl (C=O) groups excluding carboxylic acids is 1. The van der Waals surface area contributed by atoms with Gasteiger partial charge in [0.1, 0.15) is 0 Å². The Morgan fingerprint density at radius 2 is 1.62 bits per heavy atom. The van der Waals surface area contributed by atoms with Crippen LogP contribution in [0.1, 0.15) is 43.4 Å². The molecule has 1 fully saturated rings. The van der Waals surface area contributed by atoms with Crippen LogP contribution in [0, 0.1) is 12.8 Å². The quantitative estimate of drug-likeness (QED) is 0.659. The molecule has 1 aliphatic heterocycles. The first-order valence-electron chi connectivity index (χ1n) is 10.7. The molecule has 3 rings (SSSR count). The first kappa shape index (κ1) is 24.4. The summed E-state index contributed by atoms with van der Waals surface area (Å²) in [6.45, 7) is 4.37. The van der Waals surface area contributed by atoms with Crippen LogP contribution in [-0.4, -0.2) is 46.4 Å². The van der Waals surface area contributed by atoms with Gasteiger partial charge in [-0.25, -0.2) is 16.8 Å². The normalized spacial score (nSPS) is 18.8. The van der Waals surface area contributed by atoms with Crippen molar-refractivity contribution < 1.29 is 21.6 Å². The van der Waals surface area contributed by atoms with Crippen LogP contribution in [0.15, 0.2) is 58.3 Å². The van der Waals surface area contributed by atoms with E-state index in [9.17, 15) is 21.6 Å². The van der Waals surface area contributed by atoms with Crippen LogP contribution in [0.3, 0.4) is 0 Å². The fraction of sp³-hybridized carbons (Fsp3) is 0.435. The summed E-state index contributed by atoms with van der Waals surface area (Å²) in [7, 11) is -6.94. The maximum Gasteiger partial charge on any atom is 0.243 e. The van der Waals surface area contributed by atoms with E-state index in [1.165, 1.54) is 16.4 Å². The number of sulfonamides is 1. The Balaban J connectivity index is 1.70. The van der Waals surface area contributed by atoms with E-state index in [1.54, 1.807) is 36.4 Å². The highest BCUT2D eigenvalue weighted by Crippen LogP contribution is 2.26. The van der Waals surface area contributed by atoms with Crippen molar-refractivity contribution in [3.63, 3.8) is 0 Å². The number of hydrogen-bond acceptors (Lipinski definition) is 5. The standard InChI is InChI=1S/C23H30N2O5S2/c1-4-22(18-9-13-20(14-10-18)31(3,27)28)24-23(26)19-6-5-15-25(16-19)32(29,30)21-11-7-17(2)8-12-21/h7-14,19,22H,4-6,15-16H2,1-3H3,(H,24,26)/t19-,22-/m1/s1. The summed E-state index contributed by atoms with van der Waals surface area (Å²) in [6.07, 6.45) is 3.01. The number of piperidine rings is 1. The van der Waals surface area contributed by atoms with Crippen molar-refractivity contribution in [3.8, 4) is 0 Å². The SMILES string of the molecule is CC[C@@H](NC(=O)[C@@H]1CCCN(S(=O)(=O)c2ccc(C)cc2)C1)c1ccc(S(C)(=O)=O)cc1. The van der Waals surface area contributed by atoms with Crippen molar-refractivity contribution in [1.82, 2.24) is 9.62 Å². The number of sulfone groups is 1. The number of nitrogens with zero attached hydrogens (tertiary/aromatic N) is 1. The maximum atomic E-state index is 13.0. The zero-order valence-electron chi connectivity index (χ0n) is 18.6. The van der Waals surface area contributed by atoms with Crippen LogP contribution in [-0.2, 0) is 24.7 Å². The monoisotopic (exact) mass is 478 g/mol. The van der Waals surface area contributed by atoms with Gasteiger partial charge in [0.2, 0.25) is 15.9 Å². The molecule has 2 aromatic rings. The molecule has 2 atom stereocenters. The molecule has 1 N–H and O–H groups in total. The molecule has 7 nitrogen and oxygen atoms in total. The van der Waals surface area contributed by atoms with Crippen molar-refractivity contribution >= 4 is 25.8 Å². The Bertz CT molecular complexity index is 1160. The van der Waals surface area contributed by atoms with Gasteiger partial charge >= 0.3 is 0 Å². The molecule has 0 aliphatic carbocycles. The molecule has 0 radical (unpaired) electrons. The predicted octanol–water partition coefficient (Wildman–Crippen LogP) is 3.07. The van der Waals surface area contributed by atoms with E-state index in [2.05, 4.69) is 5.32 Å². The van der Waals surface area contributed by atoms with Crippen molar-refractivity contribution in [2.24, 2.45) is 5.92 Å². The molecule has 0 aromatic heterocycles. The lowest BCUT2D eigenvalue weighted by atomic mass is 9.97. The van der Waals surface area contributed by atoms with Gasteiger partial charge in [-0.05, 0) is 56.0 Å². The summed E-state index contributed by atoms with van der Waals surface area (Å²) in [6, 6.07) is 12.9. The molecule has 0 bridgehead atoms. The van der Waals surface area contributed by atoms with Crippen molar-refractivity contribution in [3.05, 3.63) is 59.7 Å². The Labute approximate surface area is 190 Å². The van der Waals surface area contributed by atoms with Crippen LogP contribution in [0.25, 0.3) is 0 Å². The minimum Gasteiger partial charge on any atom is -0.349 e. The van der Waals surface area contributed by atoms with Crippen molar-refractivity contribution in [1.29, 1.82) is 0 Å². The summed E-state index contributed by atoms with van der Waals surface area (Å²) >= 11 is 0. The number of amides is 1. The molecule has 1 heterocycles. The Hall–Kier alpha value is -2.23. The number of hydrogen-bond donors (Lipinski definition) is 1. The number of benzene rings is 2. The lowest BCUT2D eigenvalue weighted by Gasteiger charge is -2.32. The average Bonchev–Trinajstić information content (AvgIpc) is 2.77. The van der Waals surface area contributed by atoms with Crippen LogP contribution in [0.2, 0.25) is 0 Å². The predicted molar refractivity (Wildman–Crippen MR) is 123 cm³/mol. The zero-order chi connectivity index (χ0) is 23.5. The molecule has 1 amide bonds. The molecular formula is C23H30N2O5S2. The van der Waals surface area contributed by atoms with Gasteiger partial charge in [0, 0.05) is 19.3 Å². The molecule has 0 saturated carbocycles. The molecular weight excluding hydrogens is 448 g/mol. The van der Waals surface area contributed by atoms with E-state index in [4.69, 9.17) is 0 Å². The Kier molecular flexibility index (Phi) is 7.42. The second kappa shape index (κ2) is 9.72. The topological polar surface area (TPSA) is 101 Å². The third kappa shape index (κ3) is 5.57. The van der Waals surface area contributed by atoms with Gasteiger partial charge < -0.3 is 5.32 Å². The van der Waals surface area contributed by atoms with E-state index in [0.29, 0.717) is 25.8 Å². The van der Waals surface area contributed by atoms with E-state index in [-0.39, 0.29) is 28.3 Å². The van der Waals surface area contributed by atoms with Crippen molar-refractivity contribution in [2.45, 2.75) is 48.9 Å². The molecule has 9 heteroatoms. The first-order chi connectivity index (χ1) is 15.0. The fourth-order valence-corrected chi connectivity index (χ4v) is 6.05. The fourth-order valence-electron chi connectivity index (χ4n) is 3.89. The summed E-state index contributed by atoms with van der Waals surface area (Å²) in [5.74, 6) is -0.624. The van der Waals surface area contributed by atoms with Crippen LogP contribution in [0.5, 0.6) is 0 Å². The van der Waals surface area contributed by atoms with Crippen LogP contribution < -0.4 is 5.32 Å². The second-order valence-corrected chi connectivity index (χ2v) is 12.3. The van der Waals surface area contributed by atoms with E-state index in [0.717, 1.165) is 17.4 Å². The smallest absolute Gasteiger partial charge is 0.243 e. The van der Waals surface area contributed by atoms with E-state index >= 15 is 0 Å². The third-order valence-electron chi connectivity index (χ3n) is 5.85. The molecule has 0 spiro atoms. The summed E-state index contributed by atoms with van der Waals surface area (Å²) in [4.78, 5) is 13.5. The average molecular weight is 479 g/mol.